The Balaban J connectivity index is 1.66. The minimum absolute atomic E-state index is 0.164. The summed E-state index contributed by atoms with van der Waals surface area (Å²) in [5.74, 6) is -0.391. The lowest BCUT2D eigenvalue weighted by atomic mass is 10.1. The van der Waals surface area contributed by atoms with Crippen LogP contribution in [0.2, 0.25) is 5.02 Å². The van der Waals surface area contributed by atoms with Crippen molar-refractivity contribution >= 4 is 33.4 Å². The van der Waals surface area contributed by atoms with E-state index in [0.717, 1.165) is 24.0 Å². The van der Waals surface area contributed by atoms with E-state index in [9.17, 15) is 18.0 Å². The summed E-state index contributed by atoms with van der Waals surface area (Å²) in [6, 6.07) is 13.2. The monoisotopic (exact) mass is 549 g/mol. The Hall–Kier alpha value is -2.46. The summed E-state index contributed by atoms with van der Waals surface area (Å²) >= 11 is 6.01. The van der Waals surface area contributed by atoms with Crippen LogP contribution in [0.4, 0.5) is 0 Å². The second-order valence-electron chi connectivity index (χ2n) is 9.22. The molecule has 0 spiro atoms. The topological polar surface area (TPSA) is 96.0 Å². The number of aryl methyl sites for hydroxylation is 1. The average Bonchev–Trinajstić information content (AvgIpc) is 3.45. The fraction of sp³-hybridized carbons (Fsp3) is 0.481. The van der Waals surface area contributed by atoms with E-state index in [0.29, 0.717) is 44.1 Å². The van der Waals surface area contributed by atoms with Gasteiger partial charge in [0.05, 0.1) is 4.90 Å². The lowest BCUT2D eigenvalue weighted by molar-refractivity contribution is -0.140. The van der Waals surface area contributed by atoms with Crippen LogP contribution < -0.4 is 5.32 Å². The summed E-state index contributed by atoms with van der Waals surface area (Å²) in [5.41, 5.74) is 1.73. The highest BCUT2D eigenvalue weighted by Crippen LogP contribution is 2.22. The van der Waals surface area contributed by atoms with Crippen molar-refractivity contribution in [1.82, 2.24) is 14.5 Å². The molecule has 8 nitrogen and oxygen atoms in total. The molecule has 2 aromatic rings. The highest BCUT2D eigenvalue weighted by molar-refractivity contribution is 7.89. The third-order valence-corrected chi connectivity index (χ3v) is 8.68. The maximum atomic E-state index is 13.3. The number of rotatable bonds is 13. The zero-order valence-corrected chi connectivity index (χ0v) is 23.1. The molecule has 1 atom stereocenters. The molecule has 2 aromatic carbocycles. The van der Waals surface area contributed by atoms with Gasteiger partial charge in [-0.3, -0.25) is 9.59 Å². The first-order valence-electron chi connectivity index (χ1n) is 12.6. The van der Waals surface area contributed by atoms with Gasteiger partial charge in [0.2, 0.25) is 21.8 Å². The first-order valence-corrected chi connectivity index (χ1v) is 14.4. The van der Waals surface area contributed by atoms with Gasteiger partial charge in [-0.2, -0.15) is 4.31 Å². The maximum absolute atomic E-state index is 13.3. The third-order valence-electron chi connectivity index (χ3n) is 6.51. The number of carbonyl (C=O) groups excluding carboxylic acids is 2. The Morgan fingerprint density at radius 2 is 1.68 bits per heavy atom. The van der Waals surface area contributed by atoms with E-state index in [4.69, 9.17) is 16.3 Å². The number of halogens is 1. The molecule has 1 N–H and O–H groups in total. The van der Waals surface area contributed by atoms with Gasteiger partial charge in [-0.1, -0.05) is 35.9 Å². The van der Waals surface area contributed by atoms with Crippen LogP contribution in [0.3, 0.4) is 0 Å². The van der Waals surface area contributed by atoms with Gasteiger partial charge in [0.15, 0.2) is 0 Å². The van der Waals surface area contributed by atoms with Crippen molar-refractivity contribution in [3.05, 3.63) is 64.7 Å². The molecule has 0 aliphatic carbocycles. The molecule has 0 bridgehead atoms. The Morgan fingerprint density at radius 3 is 2.30 bits per heavy atom. The summed E-state index contributed by atoms with van der Waals surface area (Å²) in [6.45, 7) is 4.11. The molecule has 37 heavy (non-hydrogen) atoms. The van der Waals surface area contributed by atoms with Crippen molar-refractivity contribution in [3.8, 4) is 0 Å². The van der Waals surface area contributed by atoms with Crippen LogP contribution in [0.1, 0.15) is 43.7 Å². The van der Waals surface area contributed by atoms with Crippen LogP contribution in [0.25, 0.3) is 0 Å². The normalized spacial score (nSPS) is 14.9. The highest BCUT2D eigenvalue weighted by atomic mass is 35.5. The van der Waals surface area contributed by atoms with Gasteiger partial charge in [-0.05, 0) is 68.0 Å². The quantitative estimate of drug-likeness (QED) is 0.385. The zero-order valence-electron chi connectivity index (χ0n) is 21.5. The van der Waals surface area contributed by atoms with Crippen LogP contribution in [0.5, 0.6) is 0 Å². The van der Waals surface area contributed by atoms with Gasteiger partial charge < -0.3 is 15.0 Å². The summed E-state index contributed by atoms with van der Waals surface area (Å²) in [4.78, 5) is 27.9. The fourth-order valence-corrected chi connectivity index (χ4v) is 5.89. The van der Waals surface area contributed by atoms with Crippen LogP contribution in [0, 0.1) is 0 Å². The molecular weight excluding hydrogens is 514 g/mol. The number of carbonyl (C=O) groups is 2. The molecule has 2 amide bonds. The van der Waals surface area contributed by atoms with Crippen molar-refractivity contribution in [2.75, 3.05) is 33.4 Å². The minimum atomic E-state index is -3.47. The van der Waals surface area contributed by atoms with Crippen LogP contribution in [-0.2, 0) is 37.3 Å². The molecule has 3 rings (SSSR count). The Bertz CT molecular complexity index is 1130. The van der Waals surface area contributed by atoms with Crippen molar-refractivity contribution in [1.29, 1.82) is 0 Å². The highest BCUT2D eigenvalue weighted by Gasteiger charge is 2.28. The Morgan fingerprint density at radius 1 is 1.05 bits per heavy atom. The third kappa shape index (κ3) is 8.26. The lowest BCUT2D eigenvalue weighted by Crippen LogP contribution is -2.48. The lowest BCUT2D eigenvalue weighted by Gasteiger charge is -2.29. The van der Waals surface area contributed by atoms with E-state index in [1.807, 2.05) is 12.1 Å². The second kappa shape index (κ2) is 13.9. The molecule has 1 heterocycles. The van der Waals surface area contributed by atoms with Crippen LogP contribution in [-0.4, -0.2) is 68.8 Å². The number of hydrogen-bond acceptors (Lipinski definition) is 5. The molecule has 10 heteroatoms. The molecule has 1 saturated heterocycles. The fourth-order valence-electron chi connectivity index (χ4n) is 4.25. The molecule has 0 radical (unpaired) electrons. The van der Waals surface area contributed by atoms with E-state index >= 15 is 0 Å². The number of benzene rings is 2. The Kier molecular flexibility index (Phi) is 10.9. The summed E-state index contributed by atoms with van der Waals surface area (Å²) in [5, 5.41) is 3.47. The summed E-state index contributed by atoms with van der Waals surface area (Å²) < 4.78 is 32.1. The summed E-state index contributed by atoms with van der Waals surface area (Å²) in [7, 11) is -1.87. The predicted molar refractivity (Wildman–Crippen MR) is 144 cm³/mol. The van der Waals surface area contributed by atoms with Crippen molar-refractivity contribution in [3.63, 3.8) is 0 Å². The molecule has 1 fully saturated rings. The van der Waals surface area contributed by atoms with Crippen molar-refractivity contribution < 1.29 is 22.7 Å². The first-order chi connectivity index (χ1) is 17.7. The average molecular weight is 550 g/mol. The molecule has 0 aromatic heterocycles. The standard InChI is InChI=1S/C27H36ClN3O5S/c1-21(27(33)29-16-5-19-36-2)31(20-23-6-11-24(28)12-7-23)26(32)15-10-22-8-13-25(14-9-22)37(34,35)30-17-3-4-18-30/h6-9,11-14,21H,3-5,10,15-20H2,1-2H3,(H,29,33)/t21-/m0/s1. The molecular formula is C27H36ClN3O5S. The van der Waals surface area contributed by atoms with Gasteiger partial charge >= 0.3 is 0 Å². The Labute approximate surface area is 225 Å². The predicted octanol–water partition coefficient (Wildman–Crippen LogP) is 3.63. The number of hydrogen-bond donors (Lipinski definition) is 1. The molecule has 0 unspecified atom stereocenters. The van der Waals surface area contributed by atoms with E-state index in [1.165, 1.54) is 4.31 Å². The molecule has 0 saturated carbocycles. The molecule has 202 valence electrons. The smallest absolute Gasteiger partial charge is 0.243 e. The van der Waals surface area contributed by atoms with E-state index in [-0.39, 0.29) is 29.7 Å². The largest absolute Gasteiger partial charge is 0.385 e. The minimum Gasteiger partial charge on any atom is -0.385 e. The van der Waals surface area contributed by atoms with Gasteiger partial charge in [0.25, 0.3) is 0 Å². The van der Waals surface area contributed by atoms with Gasteiger partial charge in [-0.25, -0.2) is 8.42 Å². The molecule has 1 aliphatic rings. The zero-order chi connectivity index (χ0) is 26.8. The number of ether oxygens (including phenoxy) is 1. The SMILES string of the molecule is COCCCNC(=O)[C@H](C)N(Cc1ccc(Cl)cc1)C(=O)CCc1ccc(S(=O)(=O)N2CCCC2)cc1. The van der Waals surface area contributed by atoms with E-state index < -0.39 is 16.1 Å². The maximum Gasteiger partial charge on any atom is 0.243 e. The second-order valence-corrected chi connectivity index (χ2v) is 11.6. The van der Waals surface area contributed by atoms with E-state index in [2.05, 4.69) is 5.32 Å². The number of nitrogens with zero attached hydrogens (tertiary/aromatic N) is 2. The van der Waals surface area contributed by atoms with Crippen LogP contribution in [0.15, 0.2) is 53.4 Å². The molecule has 1 aliphatic heterocycles. The number of sulfonamides is 1. The number of methoxy groups -OCH3 is 1. The van der Waals surface area contributed by atoms with Crippen molar-refractivity contribution in [2.24, 2.45) is 0 Å². The summed E-state index contributed by atoms with van der Waals surface area (Å²) in [6.07, 6.45) is 3.07. The number of nitrogens with one attached hydrogen (secondary N) is 1. The number of amides is 2. The van der Waals surface area contributed by atoms with Crippen molar-refractivity contribution in [2.45, 2.75) is 56.5 Å². The van der Waals surface area contributed by atoms with Crippen LogP contribution >= 0.6 is 11.6 Å². The van der Waals surface area contributed by atoms with Gasteiger partial charge in [0, 0.05) is 51.3 Å². The first kappa shape index (κ1) is 29.1. The van der Waals surface area contributed by atoms with Gasteiger partial charge in [-0.15, -0.1) is 0 Å². The van der Waals surface area contributed by atoms with Gasteiger partial charge in [0.1, 0.15) is 6.04 Å². The van der Waals surface area contributed by atoms with E-state index in [1.54, 1.807) is 55.3 Å².